The quantitative estimate of drug-likeness (QED) is 0.832. The van der Waals surface area contributed by atoms with E-state index in [-0.39, 0.29) is 18.8 Å². The van der Waals surface area contributed by atoms with Crippen molar-refractivity contribution < 1.29 is 14.3 Å². The van der Waals surface area contributed by atoms with Gasteiger partial charge in [0.15, 0.2) is 0 Å². The Morgan fingerprint density at radius 2 is 2.33 bits per heavy atom. The highest BCUT2D eigenvalue weighted by atomic mass is 16.6. The van der Waals surface area contributed by atoms with E-state index in [0.717, 1.165) is 6.42 Å². The van der Waals surface area contributed by atoms with E-state index in [9.17, 15) is 0 Å². The number of ether oxygens (including phenoxy) is 1. The van der Waals surface area contributed by atoms with Gasteiger partial charge in [0.25, 0.3) is 0 Å². The van der Waals surface area contributed by atoms with Gasteiger partial charge in [0, 0.05) is 0 Å². The van der Waals surface area contributed by atoms with Gasteiger partial charge >= 0.3 is 6.08 Å². The Hall–Kier alpha value is -1.03. The smallest absolute Gasteiger partial charge is 0.394 e. The van der Waals surface area contributed by atoms with Crippen LogP contribution in [0.4, 0.5) is 0 Å². The minimum absolute atomic E-state index is 0.104. The molecule has 4 nitrogen and oxygen atoms in total. The van der Waals surface area contributed by atoms with Crippen molar-refractivity contribution in [2.75, 3.05) is 0 Å². The molecule has 1 N–H and O–H groups in total. The Bertz CT molecular complexity index is 311. The Kier molecular flexibility index (Phi) is 3.26. The molecule has 0 saturated heterocycles. The predicted molar refractivity (Wildman–Crippen MR) is 54.5 cm³/mol. The molecule has 4 heteroatoms. The molecule has 2 unspecified atom stereocenters. The SMILES string of the molecule is CC1CCCCC1Oc1nc(CO)co1. The number of rotatable bonds is 3. The molecule has 0 bridgehead atoms. The fourth-order valence-corrected chi connectivity index (χ4v) is 2.00. The highest BCUT2D eigenvalue weighted by Crippen LogP contribution is 2.27. The molecule has 1 aromatic heterocycles. The summed E-state index contributed by atoms with van der Waals surface area (Å²) in [5.41, 5.74) is 0.522. The minimum atomic E-state index is -0.104. The number of nitrogens with zero attached hydrogens (tertiary/aromatic N) is 1. The van der Waals surface area contributed by atoms with Crippen LogP contribution in [0.15, 0.2) is 10.7 Å². The fourth-order valence-electron chi connectivity index (χ4n) is 2.00. The third-order valence-corrected chi connectivity index (χ3v) is 2.98. The molecular formula is C11H17NO3. The zero-order chi connectivity index (χ0) is 10.7. The normalized spacial score (nSPS) is 26.5. The molecular weight excluding hydrogens is 194 g/mol. The summed E-state index contributed by atoms with van der Waals surface area (Å²) in [7, 11) is 0. The summed E-state index contributed by atoms with van der Waals surface area (Å²) < 4.78 is 10.8. The van der Waals surface area contributed by atoms with Crippen molar-refractivity contribution in [3.8, 4) is 6.08 Å². The number of hydrogen-bond donors (Lipinski definition) is 1. The number of aliphatic hydroxyl groups is 1. The molecule has 1 heterocycles. The maximum absolute atomic E-state index is 8.83. The standard InChI is InChI=1S/C11H17NO3/c1-8-4-2-3-5-10(8)15-11-12-9(6-13)7-14-11/h7-8,10,13H,2-6H2,1H3. The average molecular weight is 211 g/mol. The lowest BCUT2D eigenvalue weighted by molar-refractivity contribution is 0.0706. The first-order chi connectivity index (χ1) is 7.29. The zero-order valence-electron chi connectivity index (χ0n) is 8.98. The van der Waals surface area contributed by atoms with Gasteiger partial charge in [-0.3, -0.25) is 0 Å². The van der Waals surface area contributed by atoms with Gasteiger partial charge in [-0.1, -0.05) is 13.3 Å². The second-order valence-electron chi connectivity index (χ2n) is 4.18. The molecule has 0 aromatic carbocycles. The summed E-state index contributed by atoms with van der Waals surface area (Å²) in [6, 6.07) is 0. The number of aliphatic hydroxyl groups excluding tert-OH is 1. The van der Waals surface area contributed by atoms with E-state index >= 15 is 0 Å². The van der Waals surface area contributed by atoms with Crippen LogP contribution in [0.5, 0.6) is 6.08 Å². The lowest BCUT2D eigenvalue weighted by Crippen LogP contribution is -2.28. The first kappa shape index (κ1) is 10.5. The van der Waals surface area contributed by atoms with Gasteiger partial charge in [0.2, 0.25) is 0 Å². The van der Waals surface area contributed by atoms with Crippen LogP contribution in [0, 0.1) is 5.92 Å². The van der Waals surface area contributed by atoms with Crippen molar-refractivity contribution in [2.24, 2.45) is 5.92 Å². The van der Waals surface area contributed by atoms with Crippen LogP contribution >= 0.6 is 0 Å². The number of oxazole rings is 1. The predicted octanol–water partition coefficient (Wildman–Crippen LogP) is 2.12. The van der Waals surface area contributed by atoms with E-state index < -0.39 is 0 Å². The molecule has 0 spiro atoms. The Morgan fingerprint density at radius 1 is 1.53 bits per heavy atom. The first-order valence-corrected chi connectivity index (χ1v) is 5.51. The van der Waals surface area contributed by atoms with Gasteiger partial charge in [-0.05, 0) is 25.2 Å². The lowest BCUT2D eigenvalue weighted by Gasteiger charge is -2.27. The van der Waals surface area contributed by atoms with E-state index in [1.165, 1.54) is 25.5 Å². The largest absolute Gasteiger partial charge is 0.447 e. The third-order valence-electron chi connectivity index (χ3n) is 2.98. The monoisotopic (exact) mass is 211 g/mol. The summed E-state index contributed by atoms with van der Waals surface area (Å²) in [5.74, 6) is 0.559. The molecule has 2 rings (SSSR count). The number of hydrogen-bond acceptors (Lipinski definition) is 4. The molecule has 1 saturated carbocycles. The molecule has 1 fully saturated rings. The van der Waals surface area contributed by atoms with Crippen molar-refractivity contribution in [2.45, 2.75) is 45.3 Å². The van der Waals surface area contributed by atoms with Crippen LogP contribution in [0.2, 0.25) is 0 Å². The van der Waals surface area contributed by atoms with Crippen molar-refractivity contribution in [3.05, 3.63) is 12.0 Å². The molecule has 0 amide bonds. The summed E-state index contributed by atoms with van der Waals surface area (Å²) in [4.78, 5) is 4.02. The van der Waals surface area contributed by atoms with Gasteiger partial charge < -0.3 is 14.3 Å². The van der Waals surface area contributed by atoms with Crippen LogP contribution < -0.4 is 4.74 Å². The van der Waals surface area contributed by atoms with Crippen molar-refractivity contribution in [3.63, 3.8) is 0 Å². The second kappa shape index (κ2) is 4.66. The van der Waals surface area contributed by atoms with Crippen molar-refractivity contribution >= 4 is 0 Å². The Labute approximate surface area is 89.3 Å². The van der Waals surface area contributed by atoms with Gasteiger partial charge in [-0.15, -0.1) is 0 Å². The van der Waals surface area contributed by atoms with Gasteiger partial charge in [-0.25, -0.2) is 0 Å². The molecule has 0 aliphatic heterocycles. The van der Waals surface area contributed by atoms with Crippen LogP contribution in [0.3, 0.4) is 0 Å². The summed E-state index contributed by atoms with van der Waals surface area (Å²) in [6.45, 7) is 2.09. The zero-order valence-corrected chi connectivity index (χ0v) is 8.98. The van der Waals surface area contributed by atoms with Crippen LogP contribution in [-0.2, 0) is 6.61 Å². The Balaban J connectivity index is 1.95. The maximum Gasteiger partial charge on any atom is 0.394 e. The molecule has 1 aromatic rings. The molecule has 1 aliphatic rings. The number of aromatic nitrogens is 1. The first-order valence-electron chi connectivity index (χ1n) is 5.51. The average Bonchev–Trinajstić information content (AvgIpc) is 2.69. The fraction of sp³-hybridized carbons (Fsp3) is 0.727. The van der Waals surface area contributed by atoms with Gasteiger partial charge in [0.05, 0.1) is 6.61 Å². The molecule has 1 aliphatic carbocycles. The van der Waals surface area contributed by atoms with Gasteiger partial charge in [-0.2, -0.15) is 4.98 Å². The highest BCUT2D eigenvalue weighted by Gasteiger charge is 2.24. The van der Waals surface area contributed by atoms with Gasteiger partial charge in [0.1, 0.15) is 18.1 Å². The molecule has 15 heavy (non-hydrogen) atoms. The molecule has 0 radical (unpaired) electrons. The Morgan fingerprint density at radius 3 is 3.00 bits per heavy atom. The van der Waals surface area contributed by atoms with E-state index in [1.54, 1.807) is 0 Å². The van der Waals surface area contributed by atoms with E-state index in [0.29, 0.717) is 11.6 Å². The summed E-state index contributed by atoms with van der Waals surface area (Å²) in [5, 5.41) is 8.83. The van der Waals surface area contributed by atoms with Crippen molar-refractivity contribution in [1.82, 2.24) is 4.98 Å². The molecule has 2 atom stereocenters. The van der Waals surface area contributed by atoms with Crippen molar-refractivity contribution in [1.29, 1.82) is 0 Å². The maximum atomic E-state index is 8.83. The third kappa shape index (κ3) is 2.50. The highest BCUT2D eigenvalue weighted by molar-refractivity contribution is 4.98. The topological polar surface area (TPSA) is 55.5 Å². The summed E-state index contributed by atoms with van der Waals surface area (Å²) >= 11 is 0. The van der Waals surface area contributed by atoms with Crippen LogP contribution in [0.25, 0.3) is 0 Å². The molecule has 84 valence electrons. The van der Waals surface area contributed by atoms with E-state index in [1.807, 2.05) is 0 Å². The second-order valence-corrected chi connectivity index (χ2v) is 4.18. The lowest BCUT2D eigenvalue weighted by atomic mass is 9.88. The van der Waals surface area contributed by atoms with Crippen LogP contribution in [0.1, 0.15) is 38.3 Å². The van der Waals surface area contributed by atoms with E-state index in [2.05, 4.69) is 11.9 Å². The minimum Gasteiger partial charge on any atom is -0.447 e. The van der Waals surface area contributed by atoms with E-state index in [4.69, 9.17) is 14.3 Å². The summed E-state index contributed by atoms with van der Waals surface area (Å²) in [6.07, 6.45) is 6.71. The van der Waals surface area contributed by atoms with Crippen LogP contribution in [-0.4, -0.2) is 16.2 Å².